The third-order valence-corrected chi connectivity index (χ3v) is 2.61. The van der Waals surface area contributed by atoms with Crippen molar-refractivity contribution in [2.45, 2.75) is 26.3 Å². The lowest BCUT2D eigenvalue weighted by Crippen LogP contribution is -2.53. The Hall–Kier alpha value is -2.11. The first-order chi connectivity index (χ1) is 8.27. The van der Waals surface area contributed by atoms with Gasteiger partial charge in [-0.1, -0.05) is 11.2 Å². The zero-order valence-corrected chi connectivity index (χ0v) is 10.5. The Morgan fingerprint density at radius 3 is 2.61 bits per heavy atom. The van der Waals surface area contributed by atoms with E-state index in [2.05, 4.69) is 10.5 Å². The second kappa shape index (κ2) is 5.03. The molecule has 0 aromatic heterocycles. The molecule has 1 aromatic rings. The minimum atomic E-state index is -1.02. The van der Waals surface area contributed by atoms with Crippen LogP contribution in [0.5, 0.6) is 0 Å². The Kier molecular flexibility index (Phi) is 3.90. The van der Waals surface area contributed by atoms with Gasteiger partial charge in [-0.15, -0.1) is 0 Å². The SMILES string of the molecule is Cc1ccc(C(=O)NC(C)(C)/C(N)=N/O)cc1F. The third kappa shape index (κ3) is 2.97. The summed E-state index contributed by atoms with van der Waals surface area (Å²) >= 11 is 0. The summed E-state index contributed by atoms with van der Waals surface area (Å²) in [6.07, 6.45) is 0. The normalized spacial score (nSPS) is 12.3. The van der Waals surface area contributed by atoms with Crippen LogP contribution in [0.1, 0.15) is 29.8 Å². The van der Waals surface area contributed by atoms with Crippen molar-refractivity contribution in [3.8, 4) is 0 Å². The number of hydrogen-bond donors (Lipinski definition) is 3. The van der Waals surface area contributed by atoms with E-state index in [1.54, 1.807) is 20.8 Å². The monoisotopic (exact) mass is 253 g/mol. The fourth-order valence-electron chi connectivity index (χ4n) is 1.28. The number of amides is 1. The molecule has 0 unspecified atom stereocenters. The van der Waals surface area contributed by atoms with Crippen LogP contribution in [0.2, 0.25) is 0 Å². The fraction of sp³-hybridized carbons (Fsp3) is 0.333. The van der Waals surface area contributed by atoms with E-state index in [1.165, 1.54) is 12.1 Å². The predicted octanol–water partition coefficient (Wildman–Crippen LogP) is 1.39. The summed E-state index contributed by atoms with van der Waals surface area (Å²) in [5.74, 6) is -1.09. The van der Waals surface area contributed by atoms with Crippen LogP contribution in [-0.4, -0.2) is 22.5 Å². The van der Waals surface area contributed by atoms with E-state index < -0.39 is 17.3 Å². The molecule has 0 spiro atoms. The average molecular weight is 253 g/mol. The maximum atomic E-state index is 13.3. The number of benzene rings is 1. The molecular formula is C12H16FN3O2. The highest BCUT2D eigenvalue weighted by molar-refractivity contribution is 5.99. The van der Waals surface area contributed by atoms with Gasteiger partial charge in [0.05, 0.1) is 5.54 Å². The molecule has 1 amide bonds. The van der Waals surface area contributed by atoms with Gasteiger partial charge in [0.25, 0.3) is 5.91 Å². The number of nitrogens with two attached hydrogens (primary N) is 1. The average Bonchev–Trinajstić information content (AvgIpc) is 2.30. The molecule has 1 aromatic carbocycles. The molecule has 0 saturated heterocycles. The number of nitrogens with one attached hydrogen (secondary N) is 1. The van der Waals surface area contributed by atoms with Gasteiger partial charge in [-0.05, 0) is 38.5 Å². The molecule has 6 heteroatoms. The van der Waals surface area contributed by atoms with Gasteiger partial charge in [0, 0.05) is 5.56 Å². The molecule has 0 aliphatic heterocycles. The lowest BCUT2D eigenvalue weighted by molar-refractivity contribution is 0.0930. The largest absolute Gasteiger partial charge is 0.409 e. The van der Waals surface area contributed by atoms with Crippen molar-refractivity contribution in [1.82, 2.24) is 5.32 Å². The molecule has 0 saturated carbocycles. The van der Waals surface area contributed by atoms with E-state index >= 15 is 0 Å². The highest BCUT2D eigenvalue weighted by atomic mass is 19.1. The summed E-state index contributed by atoms with van der Waals surface area (Å²) in [6, 6.07) is 4.17. The number of hydrogen-bond acceptors (Lipinski definition) is 3. The standard InChI is InChI=1S/C12H16FN3O2/c1-7-4-5-8(6-9(7)13)10(17)15-12(2,3)11(14)16-18/h4-6,18H,1-3H3,(H2,14,16)(H,15,17). The quantitative estimate of drug-likeness (QED) is 0.329. The van der Waals surface area contributed by atoms with Gasteiger partial charge in [-0.25, -0.2) is 4.39 Å². The number of aryl methyl sites for hydroxylation is 1. The van der Waals surface area contributed by atoms with Crippen LogP contribution >= 0.6 is 0 Å². The summed E-state index contributed by atoms with van der Waals surface area (Å²) in [7, 11) is 0. The van der Waals surface area contributed by atoms with Crippen molar-refractivity contribution in [2.24, 2.45) is 10.9 Å². The van der Waals surface area contributed by atoms with Gasteiger partial charge in [-0.3, -0.25) is 4.79 Å². The van der Waals surface area contributed by atoms with E-state index in [9.17, 15) is 9.18 Å². The van der Waals surface area contributed by atoms with Gasteiger partial charge in [0.2, 0.25) is 0 Å². The minimum Gasteiger partial charge on any atom is -0.409 e. The molecule has 0 bridgehead atoms. The van der Waals surface area contributed by atoms with Crippen molar-refractivity contribution in [3.63, 3.8) is 0 Å². The first-order valence-corrected chi connectivity index (χ1v) is 5.34. The summed E-state index contributed by atoms with van der Waals surface area (Å²) in [4.78, 5) is 11.9. The van der Waals surface area contributed by atoms with Crippen molar-refractivity contribution in [2.75, 3.05) is 0 Å². The van der Waals surface area contributed by atoms with Crippen molar-refractivity contribution in [3.05, 3.63) is 35.1 Å². The number of carbonyl (C=O) groups excluding carboxylic acids is 1. The van der Waals surface area contributed by atoms with Gasteiger partial charge in [0.1, 0.15) is 5.82 Å². The molecule has 5 nitrogen and oxygen atoms in total. The van der Waals surface area contributed by atoms with Crippen LogP contribution in [0.15, 0.2) is 23.4 Å². The summed E-state index contributed by atoms with van der Waals surface area (Å²) in [5, 5.41) is 14.0. The van der Waals surface area contributed by atoms with Crippen molar-refractivity contribution < 1.29 is 14.4 Å². The van der Waals surface area contributed by atoms with Crippen molar-refractivity contribution in [1.29, 1.82) is 0 Å². The third-order valence-electron chi connectivity index (χ3n) is 2.61. The molecule has 18 heavy (non-hydrogen) atoms. The van der Waals surface area contributed by atoms with E-state index in [1.807, 2.05) is 0 Å². The highest BCUT2D eigenvalue weighted by Gasteiger charge is 2.26. The molecule has 98 valence electrons. The van der Waals surface area contributed by atoms with Gasteiger partial charge in [0.15, 0.2) is 5.84 Å². The Bertz CT molecular complexity index is 498. The van der Waals surface area contributed by atoms with E-state index in [-0.39, 0.29) is 11.4 Å². The van der Waals surface area contributed by atoms with Crippen LogP contribution in [-0.2, 0) is 0 Å². The number of rotatable bonds is 3. The van der Waals surface area contributed by atoms with Crippen LogP contribution < -0.4 is 11.1 Å². The van der Waals surface area contributed by atoms with E-state index in [0.29, 0.717) is 5.56 Å². The molecule has 0 aliphatic rings. The van der Waals surface area contributed by atoms with Crippen molar-refractivity contribution >= 4 is 11.7 Å². The number of oxime groups is 1. The molecule has 0 radical (unpaired) electrons. The Morgan fingerprint density at radius 1 is 1.50 bits per heavy atom. The smallest absolute Gasteiger partial charge is 0.252 e. The second-order valence-corrected chi connectivity index (χ2v) is 4.53. The second-order valence-electron chi connectivity index (χ2n) is 4.53. The molecule has 0 atom stereocenters. The topological polar surface area (TPSA) is 87.7 Å². The number of halogens is 1. The minimum absolute atomic E-state index is 0.136. The maximum Gasteiger partial charge on any atom is 0.252 e. The van der Waals surface area contributed by atoms with Crippen LogP contribution in [0.4, 0.5) is 4.39 Å². The molecule has 1 rings (SSSR count). The molecule has 0 aliphatic carbocycles. The lowest BCUT2D eigenvalue weighted by atomic mass is 10.0. The first kappa shape index (κ1) is 14.0. The predicted molar refractivity (Wildman–Crippen MR) is 66.1 cm³/mol. The molecule has 0 heterocycles. The summed E-state index contributed by atoms with van der Waals surface area (Å²) in [5.41, 5.74) is 5.06. The zero-order valence-electron chi connectivity index (χ0n) is 10.5. The highest BCUT2D eigenvalue weighted by Crippen LogP contribution is 2.11. The van der Waals surface area contributed by atoms with Crippen LogP contribution in [0, 0.1) is 12.7 Å². The van der Waals surface area contributed by atoms with Gasteiger partial charge < -0.3 is 16.3 Å². The van der Waals surface area contributed by atoms with Gasteiger partial charge in [-0.2, -0.15) is 0 Å². The number of amidine groups is 1. The van der Waals surface area contributed by atoms with E-state index in [4.69, 9.17) is 10.9 Å². The Balaban J connectivity index is 2.92. The number of nitrogens with zero attached hydrogens (tertiary/aromatic N) is 1. The number of carbonyl (C=O) groups is 1. The van der Waals surface area contributed by atoms with Crippen LogP contribution in [0.25, 0.3) is 0 Å². The summed E-state index contributed by atoms with van der Waals surface area (Å²) in [6.45, 7) is 4.76. The van der Waals surface area contributed by atoms with Gasteiger partial charge >= 0.3 is 0 Å². The zero-order chi connectivity index (χ0) is 13.9. The van der Waals surface area contributed by atoms with Crippen LogP contribution in [0.3, 0.4) is 0 Å². The molecule has 0 fully saturated rings. The molecule has 4 N–H and O–H groups in total. The Morgan fingerprint density at radius 2 is 2.11 bits per heavy atom. The first-order valence-electron chi connectivity index (χ1n) is 5.34. The summed E-state index contributed by atoms with van der Waals surface area (Å²) < 4.78 is 13.3. The maximum absolute atomic E-state index is 13.3. The van der Waals surface area contributed by atoms with E-state index in [0.717, 1.165) is 6.07 Å². The Labute approximate surface area is 104 Å². The fourth-order valence-corrected chi connectivity index (χ4v) is 1.28. The lowest BCUT2D eigenvalue weighted by Gasteiger charge is -2.24. The molecular weight excluding hydrogens is 237 g/mol.